The summed E-state index contributed by atoms with van der Waals surface area (Å²) in [6.07, 6.45) is 5.39. The number of likely N-dealkylation sites (tertiary alicyclic amines) is 1. The highest BCUT2D eigenvalue weighted by Crippen LogP contribution is 2.26. The van der Waals surface area contributed by atoms with Crippen LogP contribution in [0, 0.1) is 0 Å². The van der Waals surface area contributed by atoms with Gasteiger partial charge in [-0.05, 0) is 69.3 Å². The number of nitrogens with one attached hydrogen (secondary N) is 1. The van der Waals surface area contributed by atoms with Crippen molar-refractivity contribution in [3.63, 3.8) is 0 Å². The normalized spacial score (nSPS) is 17.6. The van der Waals surface area contributed by atoms with Crippen LogP contribution in [0.5, 0.6) is 0 Å². The number of halogens is 1. The maximum atomic E-state index is 12.6. The van der Waals surface area contributed by atoms with Gasteiger partial charge in [0.2, 0.25) is 5.91 Å². The lowest BCUT2D eigenvalue weighted by Crippen LogP contribution is -2.42. The third kappa shape index (κ3) is 5.29. The molecule has 0 radical (unpaired) electrons. The summed E-state index contributed by atoms with van der Waals surface area (Å²) in [5.74, 6) is 0.962. The highest BCUT2D eigenvalue weighted by molar-refractivity contribution is 8.00. The summed E-state index contributed by atoms with van der Waals surface area (Å²) < 4.78 is 5.64. The van der Waals surface area contributed by atoms with Crippen molar-refractivity contribution < 1.29 is 9.21 Å². The average molecular weight is 393 g/mol. The number of piperidine rings is 1. The minimum Gasteiger partial charge on any atom is -0.468 e. The highest BCUT2D eigenvalue weighted by Gasteiger charge is 2.25. The fraction of sp³-hybridized carbons (Fsp3) is 0.450. The second-order valence-corrected chi connectivity index (χ2v) is 8.44. The van der Waals surface area contributed by atoms with E-state index in [0.717, 1.165) is 23.7 Å². The summed E-state index contributed by atoms with van der Waals surface area (Å²) in [6, 6.07) is 11.6. The molecule has 1 fully saturated rings. The van der Waals surface area contributed by atoms with Crippen LogP contribution in [-0.4, -0.2) is 35.7 Å². The van der Waals surface area contributed by atoms with Gasteiger partial charge in [0.15, 0.2) is 0 Å². The number of thioether (sulfide) groups is 1. The van der Waals surface area contributed by atoms with Gasteiger partial charge in [0.05, 0.1) is 17.6 Å². The lowest BCUT2D eigenvalue weighted by molar-refractivity contribution is -0.120. The fourth-order valence-corrected chi connectivity index (χ4v) is 4.25. The van der Waals surface area contributed by atoms with E-state index < -0.39 is 0 Å². The maximum absolute atomic E-state index is 12.6. The zero-order valence-electron chi connectivity index (χ0n) is 15.0. The van der Waals surface area contributed by atoms with Gasteiger partial charge in [-0.25, -0.2) is 0 Å². The van der Waals surface area contributed by atoms with Crippen molar-refractivity contribution in [2.75, 3.05) is 19.6 Å². The van der Waals surface area contributed by atoms with Crippen LogP contribution in [0.1, 0.15) is 38.0 Å². The molecule has 1 saturated heterocycles. The number of carbonyl (C=O) groups excluding carboxylic acids is 1. The predicted molar refractivity (Wildman–Crippen MR) is 107 cm³/mol. The van der Waals surface area contributed by atoms with Crippen LogP contribution in [0.25, 0.3) is 0 Å². The van der Waals surface area contributed by atoms with E-state index in [-0.39, 0.29) is 17.2 Å². The number of carbonyl (C=O) groups is 1. The molecule has 0 aliphatic carbocycles. The Morgan fingerprint density at radius 1 is 1.23 bits per heavy atom. The molecule has 1 N–H and O–H groups in total. The summed E-state index contributed by atoms with van der Waals surface area (Å²) in [7, 11) is 0. The third-order valence-electron chi connectivity index (χ3n) is 4.67. The topological polar surface area (TPSA) is 45.5 Å². The molecule has 4 nitrogen and oxygen atoms in total. The Kier molecular flexibility index (Phi) is 7.06. The SMILES string of the molecule is C[C@H](Sc1ccc(Cl)cc1)C(=O)NC[C@@H](c1ccco1)N1CCCCC1. The van der Waals surface area contributed by atoms with Crippen LogP contribution in [0.3, 0.4) is 0 Å². The minimum absolute atomic E-state index is 0.0403. The predicted octanol–water partition coefficient (Wildman–Crippen LogP) is 4.76. The first-order valence-electron chi connectivity index (χ1n) is 9.11. The van der Waals surface area contributed by atoms with Crippen molar-refractivity contribution in [2.24, 2.45) is 0 Å². The smallest absolute Gasteiger partial charge is 0.233 e. The van der Waals surface area contributed by atoms with Gasteiger partial charge in [-0.2, -0.15) is 0 Å². The summed E-state index contributed by atoms with van der Waals surface area (Å²) in [5.41, 5.74) is 0. The van der Waals surface area contributed by atoms with E-state index in [2.05, 4.69) is 10.2 Å². The van der Waals surface area contributed by atoms with Gasteiger partial charge in [-0.3, -0.25) is 9.69 Å². The number of hydrogen-bond acceptors (Lipinski definition) is 4. The van der Waals surface area contributed by atoms with Crippen LogP contribution in [0.4, 0.5) is 0 Å². The van der Waals surface area contributed by atoms with Crippen LogP contribution < -0.4 is 5.32 Å². The third-order valence-corrected chi connectivity index (χ3v) is 6.03. The number of rotatable bonds is 7. The maximum Gasteiger partial charge on any atom is 0.233 e. The molecule has 3 rings (SSSR count). The monoisotopic (exact) mass is 392 g/mol. The van der Waals surface area contributed by atoms with E-state index in [1.165, 1.54) is 31.0 Å². The molecule has 0 unspecified atom stereocenters. The van der Waals surface area contributed by atoms with Crippen molar-refractivity contribution in [2.45, 2.75) is 42.4 Å². The van der Waals surface area contributed by atoms with E-state index in [9.17, 15) is 4.79 Å². The van der Waals surface area contributed by atoms with Gasteiger partial charge in [-0.15, -0.1) is 11.8 Å². The van der Waals surface area contributed by atoms with Gasteiger partial charge < -0.3 is 9.73 Å². The van der Waals surface area contributed by atoms with Crippen LogP contribution in [-0.2, 0) is 4.79 Å². The van der Waals surface area contributed by atoms with Crippen LogP contribution in [0.2, 0.25) is 5.02 Å². The van der Waals surface area contributed by atoms with E-state index in [0.29, 0.717) is 11.6 Å². The van der Waals surface area contributed by atoms with Crippen LogP contribution in [0.15, 0.2) is 52.0 Å². The van der Waals surface area contributed by atoms with Gasteiger partial charge in [0.1, 0.15) is 5.76 Å². The Morgan fingerprint density at radius 3 is 2.62 bits per heavy atom. The van der Waals surface area contributed by atoms with E-state index in [1.54, 1.807) is 6.26 Å². The molecule has 0 bridgehead atoms. The van der Waals surface area contributed by atoms with Gasteiger partial charge >= 0.3 is 0 Å². The molecule has 1 aliphatic rings. The molecule has 1 aromatic carbocycles. The molecular formula is C20H25ClN2O2S. The Morgan fingerprint density at radius 2 is 1.96 bits per heavy atom. The molecular weight excluding hydrogens is 368 g/mol. The highest BCUT2D eigenvalue weighted by atomic mass is 35.5. The molecule has 2 atom stereocenters. The minimum atomic E-state index is -0.171. The average Bonchev–Trinajstić information content (AvgIpc) is 3.19. The molecule has 0 saturated carbocycles. The second kappa shape index (κ2) is 9.49. The van der Waals surface area contributed by atoms with Crippen LogP contribution >= 0.6 is 23.4 Å². The van der Waals surface area contributed by atoms with Crippen molar-refractivity contribution in [3.8, 4) is 0 Å². The molecule has 2 aromatic rings. The fourth-order valence-electron chi connectivity index (χ4n) is 3.23. The quantitative estimate of drug-likeness (QED) is 0.690. The number of nitrogens with zero attached hydrogens (tertiary/aromatic N) is 1. The Balaban J connectivity index is 1.57. The zero-order chi connectivity index (χ0) is 18.4. The van der Waals surface area contributed by atoms with Gasteiger partial charge in [0.25, 0.3) is 0 Å². The number of benzene rings is 1. The number of furan rings is 1. The van der Waals surface area contributed by atoms with E-state index in [4.69, 9.17) is 16.0 Å². The largest absolute Gasteiger partial charge is 0.468 e. The van der Waals surface area contributed by atoms with Crippen molar-refractivity contribution in [3.05, 3.63) is 53.4 Å². The van der Waals surface area contributed by atoms with Gasteiger partial charge in [-0.1, -0.05) is 18.0 Å². The lowest BCUT2D eigenvalue weighted by Gasteiger charge is -2.33. The Hall–Kier alpha value is -1.43. The van der Waals surface area contributed by atoms with E-state index in [1.807, 2.05) is 43.3 Å². The summed E-state index contributed by atoms with van der Waals surface area (Å²) in [4.78, 5) is 16.0. The second-order valence-electron chi connectivity index (χ2n) is 6.59. The summed E-state index contributed by atoms with van der Waals surface area (Å²) in [5, 5.41) is 3.64. The first kappa shape index (κ1) is 19.3. The lowest BCUT2D eigenvalue weighted by atomic mass is 10.1. The van der Waals surface area contributed by atoms with Crippen molar-refractivity contribution in [1.82, 2.24) is 10.2 Å². The summed E-state index contributed by atoms with van der Waals surface area (Å²) >= 11 is 7.45. The van der Waals surface area contributed by atoms with Gasteiger partial charge in [0, 0.05) is 16.5 Å². The number of amides is 1. The standard InChI is InChI=1S/C20H25ClN2O2S/c1-15(26-17-9-7-16(21)8-10-17)20(24)22-14-18(19-6-5-13-25-19)23-11-3-2-4-12-23/h5-10,13,15,18H,2-4,11-12,14H2,1H3,(H,22,24)/t15-,18-/m0/s1. The molecule has 2 heterocycles. The summed E-state index contributed by atoms with van der Waals surface area (Å²) in [6.45, 7) is 4.60. The molecule has 6 heteroatoms. The molecule has 140 valence electrons. The van der Waals surface area contributed by atoms with E-state index >= 15 is 0 Å². The number of hydrogen-bond donors (Lipinski definition) is 1. The van der Waals surface area contributed by atoms with Crippen molar-refractivity contribution >= 4 is 29.3 Å². The zero-order valence-corrected chi connectivity index (χ0v) is 16.6. The Labute approximate surface area is 164 Å². The van der Waals surface area contributed by atoms with Crippen molar-refractivity contribution in [1.29, 1.82) is 0 Å². The molecule has 1 aliphatic heterocycles. The molecule has 26 heavy (non-hydrogen) atoms. The molecule has 1 amide bonds. The first-order valence-corrected chi connectivity index (χ1v) is 10.4. The Bertz CT molecular complexity index is 684. The molecule has 1 aromatic heterocycles. The molecule has 0 spiro atoms. The first-order chi connectivity index (χ1) is 12.6.